The SMILES string of the molecule is NCC12CC3CC1(C3)C2. The molecule has 50 valence electrons. The first-order chi connectivity index (χ1) is 4.30. The highest BCUT2D eigenvalue weighted by molar-refractivity contribution is 5.27. The van der Waals surface area contributed by atoms with Crippen molar-refractivity contribution >= 4 is 0 Å². The molecule has 0 amide bonds. The van der Waals surface area contributed by atoms with Crippen LogP contribution >= 0.6 is 0 Å². The predicted molar refractivity (Wildman–Crippen MR) is 35.9 cm³/mol. The Morgan fingerprint density at radius 2 is 2.11 bits per heavy atom. The van der Waals surface area contributed by atoms with Gasteiger partial charge in [-0.25, -0.2) is 0 Å². The zero-order chi connectivity index (χ0) is 6.11. The van der Waals surface area contributed by atoms with Crippen LogP contribution in [0.15, 0.2) is 0 Å². The Morgan fingerprint density at radius 1 is 1.33 bits per heavy atom. The maximum absolute atomic E-state index is 5.72. The summed E-state index contributed by atoms with van der Waals surface area (Å²) >= 11 is 0. The van der Waals surface area contributed by atoms with Gasteiger partial charge in [-0.2, -0.15) is 0 Å². The number of nitrogens with two attached hydrogens (primary N) is 1. The van der Waals surface area contributed by atoms with E-state index in [0.717, 1.165) is 17.9 Å². The first-order valence-corrected chi connectivity index (χ1v) is 4.00. The Morgan fingerprint density at radius 3 is 2.33 bits per heavy atom. The second-order valence-electron chi connectivity index (χ2n) is 4.42. The fourth-order valence-corrected chi connectivity index (χ4v) is 3.58. The summed E-state index contributed by atoms with van der Waals surface area (Å²) in [6.07, 6.45) is 6.02. The van der Waals surface area contributed by atoms with Crippen LogP contribution in [0.2, 0.25) is 0 Å². The quantitative estimate of drug-likeness (QED) is 0.556. The monoisotopic (exact) mass is 123 g/mol. The molecule has 1 spiro atoms. The van der Waals surface area contributed by atoms with Crippen LogP contribution in [0.5, 0.6) is 0 Å². The van der Waals surface area contributed by atoms with Crippen LogP contribution in [0, 0.1) is 16.7 Å². The van der Waals surface area contributed by atoms with E-state index in [1.54, 1.807) is 0 Å². The van der Waals surface area contributed by atoms with Crippen molar-refractivity contribution in [2.75, 3.05) is 6.54 Å². The van der Waals surface area contributed by atoms with Crippen molar-refractivity contribution < 1.29 is 0 Å². The lowest BCUT2D eigenvalue weighted by atomic mass is 9.77. The molecule has 1 nitrogen and oxygen atoms in total. The van der Waals surface area contributed by atoms with Gasteiger partial charge in [0, 0.05) is 0 Å². The molecule has 0 heterocycles. The Labute approximate surface area is 55.6 Å². The summed E-state index contributed by atoms with van der Waals surface area (Å²) in [5, 5.41) is 0. The third kappa shape index (κ3) is 0.295. The van der Waals surface area contributed by atoms with Gasteiger partial charge < -0.3 is 5.73 Å². The molecule has 0 saturated heterocycles. The van der Waals surface area contributed by atoms with Crippen molar-refractivity contribution in [2.24, 2.45) is 22.5 Å². The van der Waals surface area contributed by atoms with E-state index in [9.17, 15) is 0 Å². The van der Waals surface area contributed by atoms with Crippen molar-refractivity contribution in [2.45, 2.75) is 25.7 Å². The van der Waals surface area contributed by atoms with Crippen LogP contribution in [0.3, 0.4) is 0 Å². The molecule has 4 saturated carbocycles. The molecule has 4 aliphatic rings. The van der Waals surface area contributed by atoms with Crippen molar-refractivity contribution in [1.29, 1.82) is 0 Å². The van der Waals surface area contributed by atoms with E-state index in [0.29, 0.717) is 5.41 Å². The lowest BCUT2D eigenvalue weighted by Crippen LogP contribution is -2.19. The normalized spacial score (nSPS) is 67.0. The molecule has 0 aromatic carbocycles. The van der Waals surface area contributed by atoms with Gasteiger partial charge in [0.2, 0.25) is 0 Å². The van der Waals surface area contributed by atoms with Gasteiger partial charge in [-0.15, -0.1) is 0 Å². The molecule has 0 aromatic heterocycles. The molecule has 2 N–H and O–H groups in total. The topological polar surface area (TPSA) is 26.0 Å². The van der Waals surface area contributed by atoms with E-state index < -0.39 is 0 Å². The zero-order valence-corrected chi connectivity index (χ0v) is 5.69. The van der Waals surface area contributed by atoms with Gasteiger partial charge in [0.25, 0.3) is 0 Å². The van der Waals surface area contributed by atoms with Crippen molar-refractivity contribution in [3.05, 3.63) is 0 Å². The summed E-state index contributed by atoms with van der Waals surface area (Å²) in [4.78, 5) is 0. The van der Waals surface area contributed by atoms with Gasteiger partial charge >= 0.3 is 0 Å². The van der Waals surface area contributed by atoms with Crippen LogP contribution in [0.4, 0.5) is 0 Å². The molecule has 0 radical (unpaired) electrons. The van der Waals surface area contributed by atoms with Crippen LogP contribution < -0.4 is 5.73 Å². The van der Waals surface area contributed by atoms with Gasteiger partial charge in [-0.05, 0) is 49.0 Å². The van der Waals surface area contributed by atoms with Crippen LogP contribution in [-0.4, -0.2) is 6.54 Å². The second-order valence-corrected chi connectivity index (χ2v) is 4.42. The summed E-state index contributed by atoms with van der Waals surface area (Å²) < 4.78 is 0. The minimum atomic E-state index is 0.692. The Bertz CT molecular complexity index is 169. The molecule has 1 heteroatoms. The summed E-state index contributed by atoms with van der Waals surface area (Å²) in [5.74, 6) is 1.10. The van der Waals surface area contributed by atoms with Gasteiger partial charge in [0.15, 0.2) is 0 Å². The zero-order valence-electron chi connectivity index (χ0n) is 5.69. The van der Waals surface area contributed by atoms with E-state index in [1.807, 2.05) is 0 Å². The van der Waals surface area contributed by atoms with E-state index in [1.165, 1.54) is 25.7 Å². The van der Waals surface area contributed by atoms with Gasteiger partial charge in [-0.1, -0.05) is 0 Å². The van der Waals surface area contributed by atoms with E-state index >= 15 is 0 Å². The maximum Gasteiger partial charge on any atom is -0.00149 e. The number of hydrogen-bond donors (Lipinski definition) is 1. The lowest BCUT2D eigenvalue weighted by molar-refractivity contribution is 0.226. The lowest BCUT2D eigenvalue weighted by Gasteiger charge is -2.28. The van der Waals surface area contributed by atoms with Crippen LogP contribution in [0.25, 0.3) is 0 Å². The van der Waals surface area contributed by atoms with E-state index in [2.05, 4.69) is 0 Å². The molecule has 4 fully saturated rings. The van der Waals surface area contributed by atoms with Crippen molar-refractivity contribution in [3.63, 3.8) is 0 Å². The van der Waals surface area contributed by atoms with E-state index in [4.69, 9.17) is 5.73 Å². The Kier molecular flexibility index (Phi) is 0.508. The third-order valence-electron chi connectivity index (χ3n) is 4.11. The van der Waals surface area contributed by atoms with Crippen LogP contribution in [0.1, 0.15) is 25.7 Å². The highest BCUT2D eigenvalue weighted by Gasteiger charge is 2.77. The molecule has 1 unspecified atom stereocenters. The standard InChI is InChI=1S/C8H13N/c9-5-8-3-6-1-7(8,2-6)4-8/h6H,1-5,9H2. The average Bonchev–Trinajstić information content (AvgIpc) is 2.24. The van der Waals surface area contributed by atoms with Crippen molar-refractivity contribution in [3.8, 4) is 0 Å². The Hall–Kier alpha value is -0.0400. The first-order valence-electron chi connectivity index (χ1n) is 4.00. The minimum Gasteiger partial charge on any atom is -0.330 e. The highest BCUT2D eigenvalue weighted by atomic mass is 14.9. The van der Waals surface area contributed by atoms with Gasteiger partial charge in [0.05, 0.1) is 0 Å². The molecule has 4 rings (SSSR count). The summed E-state index contributed by atoms with van der Waals surface area (Å²) in [7, 11) is 0. The van der Waals surface area contributed by atoms with E-state index in [-0.39, 0.29) is 0 Å². The number of rotatable bonds is 1. The van der Waals surface area contributed by atoms with Gasteiger partial charge in [0.1, 0.15) is 0 Å². The van der Waals surface area contributed by atoms with Crippen LogP contribution in [-0.2, 0) is 0 Å². The summed E-state index contributed by atoms with van der Waals surface area (Å²) in [6.45, 7) is 0.976. The molecule has 0 aliphatic heterocycles. The second kappa shape index (κ2) is 0.968. The van der Waals surface area contributed by atoms with Crippen molar-refractivity contribution in [1.82, 2.24) is 0 Å². The molecule has 2 bridgehead atoms. The van der Waals surface area contributed by atoms with Gasteiger partial charge in [-0.3, -0.25) is 0 Å². The maximum atomic E-state index is 5.72. The Balaban J connectivity index is 2.01. The predicted octanol–water partition coefficient (Wildman–Crippen LogP) is 1.14. The summed E-state index contributed by atoms with van der Waals surface area (Å²) in [5.41, 5.74) is 7.24. The molecular weight excluding hydrogens is 110 g/mol. The fraction of sp³-hybridized carbons (Fsp3) is 1.00. The molecule has 4 aliphatic carbocycles. The smallest absolute Gasteiger partial charge is 0.00149 e. The average molecular weight is 123 g/mol. The minimum absolute atomic E-state index is 0.692. The molecule has 0 aromatic rings. The fourth-order valence-electron chi connectivity index (χ4n) is 3.58. The molecular formula is C8H13N. The number of hydrogen-bond acceptors (Lipinski definition) is 1. The third-order valence-corrected chi connectivity index (χ3v) is 4.11. The summed E-state index contributed by atoms with van der Waals surface area (Å²) in [6, 6.07) is 0. The molecule has 9 heavy (non-hydrogen) atoms. The first kappa shape index (κ1) is 4.73. The highest BCUT2D eigenvalue weighted by Crippen LogP contribution is 2.84. The largest absolute Gasteiger partial charge is 0.330 e. The molecule has 1 atom stereocenters.